The first kappa shape index (κ1) is 32.5. The molecule has 2 aromatic rings. The molecule has 4 rings (SSSR count). The molecule has 1 aliphatic carbocycles. The van der Waals surface area contributed by atoms with Crippen LogP contribution in [-0.4, -0.2) is 84.6 Å². The van der Waals surface area contributed by atoms with Gasteiger partial charge in [0.25, 0.3) is 0 Å². The number of pyridine rings is 1. The molecule has 0 saturated heterocycles. The smallest absolute Gasteiger partial charge is 0.475 e. The highest BCUT2D eigenvalue weighted by molar-refractivity contribution is 5.76. The van der Waals surface area contributed by atoms with Crippen LogP contribution in [0.4, 0.5) is 26.3 Å². The van der Waals surface area contributed by atoms with Crippen molar-refractivity contribution in [1.29, 1.82) is 0 Å². The van der Waals surface area contributed by atoms with E-state index in [1.165, 1.54) is 31.4 Å². The van der Waals surface area contributed by atoms with E-state index in [0.29, 0.717) is 19.0 Å². The second-order valence-electron chi connectivity index (χ2n) is 9.17. The fraction of sp³-hybridized carbons (Fsp3) is 0.542. The van der Waals surface area contributed by atoms with E-state index < -0.39 is 24.3 Å². The number of carbonyl (C=O) groups is 3. The molecule has 0 bridgehead atoms. The first-order chi connectivity index (χ1) is 18.6. The van der Waals surface area contributed by atoms with Crippen molar-refractivity contribution in [2.45, 2.75) is 69.6 Å². The molecule has 3 heterocycles. The number of halogens is 6. The minimum atomic E-state index is -5.08. The first-order valence-corrected chi connectivity index (χ1v) is 12.1. The van der Waals surface area contributed by atoms with Gasteiger partial charge in [0.15, 0.2) is 0 Å². The zero-order chi connectivity index (χ0) is 30.1. The van der Waals surface area contributed by atoms with Crippen molar-refractivity contribution < 1.29 is 50.9 Å². The standard InChI is InChI=1S/C20H27N5O.2C2HF3O2/c1-23(13-16-6-4-5-10-21-16)20(26)12-19-15-24(17-7-2-3-8-17)14-18-9-11-22-25(18)19;2*3-2(4,5)1(6)7/h4-6,9-11,17,19H,2-3,7-8,12-15H2,1H3;2*(H,6,7). The van der Waals surface area contributed by atoms with E-state index in [1.54, 1.807) is 11.1 Å². The Morgan fingerprint density at radius 3 is 2.05 bits per heavy atom. The van der Waals surface area contributed by atoms with Crippen LogP contribution < -0.4 is 0 Å². The third kappa shape index (κ3) is 10.1. The Labute approximate surface area is 225 Å². The summed E-state index contributed by atoms with van der Waals surface area (Å²) < 4.78 is 65.5. The quantitative estimate of drug-likeness (QED) is 0.509. The molecule has 1 amide bonds. The molecule has 2 aliphatic rings. The predicted octanol–water partition coefficient (Wildman–Crippen LogP) is 3.89. The summed E-state index contributed by atoms with van der Waals surface area (Å²) in [4.78, 5) is 39.3. The summed E-state index contributed by atoms with van der Waals surface area (Å²) in [6, 6.07) is 8.69. The molecule has 40 heavy (non-hydrogen) atoms. The van der Waals surface area contributed by atoms with Gasteiger partial charge in [-0.25, -0.2) is 9.59 Å². The van der Waals surface area contributed by atoms with Crippen molar-refractivity contribution in [3.8, 4) is 0 Å². The van der Waals surface area contributed by atoms with Gasteiger partial charge in [0.05, 0.1) is 30.4 Å². The van der Waals surface area contributed by atoms with E-state index in [9.17, 15) is 31.1 Å². The van der Waals surface area contributed by atoms with Gasteiger partial charge in [0, 0.05) is 38.6 Å². The number of aliphatic carboxylic acids is 2. The summed E-state index contributed by atoms with van der Waals surface area (Å²) in [5, 5.41) is 18.8. The number of fused-ring (bicyclic) bond motifs is 1. The molecule has 0 radical (unpaired) electrons. The number of alkyl halides is 6. The average molecular weight is 582 g/mol. The first-order valence-electron chi connectivity index (χ1n) is 12.1. The molecule has 0 aromatic carbocycles. The second-order valence-corrected chi connectivity index (χ2v) is 9.17. The van der Waals surface area contributed by atoms with Gasteiger partial charge in [-0.05, 0) is 31.0 Å². The number of carboxylic acid groups (broad SMARTS) is 2. The van der Waals surface area contributed by atoms with Crippen LogP contribution >= 0.6 is 0 Å². The number of carbonyl (C=O) groups excluding carboxylic acids is 1. The Bertz CT molecular complexity index is 1100. The Hall–Kier alpha value is -3.69. The van der Waals surface area contributed by atoms with E-state index in [2.05, 4.69) is 25.7 Å². The molecular weight excluding hydrogens is 552 g/mol. The lowest BCUT2D eigenvalue weighted by Gasteiger charge is -2.37. The SMILES string of the molecule is CN(Cc1ccccn1)C(=O)CC1CN(C2CCCC2)Cc2ccnn21.O=C(O)C(F)(F)F.O=C(O)C(F)(F)F. The topological polar surface area (TPSA) is 129 Å². The maximum absolute atomic E-state index is 12.8. The van der Waals surface area contributed by atoms with E-state index in [0.717, 1.165) is 18.8 Å². The van der Waals surface area contributed by atoms with Gasteiger partial charge in [0.1, 0.15) is 0 Å². The number of aromatic nitrogens is 3. The zero-order valence-electron chi connectivity index (χ0n) is 21.4. The lowest BCUT2D eigenvalue weighted by Crippen LogP contribution is -2.44. The summed E-state index contributed by atoms with van der Waals surface area (Å²) in [5.74, 6) is -5.37. The van der Waals surface area contributed by atoms with Crippen LogP contribution in [0.1, 0.15) is 49.5 Å². The zero-order valence-corrected chi connectivity index (χ0v) is 21.4. The van der Waals surface area contributed by atoms with Gasteiger partial charge in [-0.2, -0.15) is 31.4 Å². The normalized spacial score (nSPS) is 17.5. The largest absolute Gasteiger partial charge is 0.490 e. The molecule has 10 nitrogen and oxygen atoms in total. The van der Waals surface area contributed by atoms with Crippen molar-refractivity contribution in [3.63, 3.8) is 0 Å². The molecule has 1 unspecified atom stereocenters. The van der Waals surface area contributed by atoms with Crippen molar-refractivity contribution in [3.05, 3.63) is 48.0 Å². The summed E-state index contributed by atoms with van der Waals surface area (Å²) >= 11 is 0. The highest BCUT2D eigenvalue weighted by atomic mass is 19.4. The van der Waals surface area contributed by atoms with Crippen molar-refractivity contribution >= 4 is 17.8 Å². The third-order valence-electron chi connectivity index (χ3n) is 6.20. The van der Waals surface area contributed by atoms with Crippen LogP contribution in [-0.2, 0) is 27.5 Å². The van der Waals surface area contributed by atoms with Gasteiger partial charge in [-0.1, -0.05) is 18.9 Å². The molecule has 16 heteroatoms. The number of hydrogen-bond donors (Lipinski definition) is 2. The molecule has 1 atom stereocenters. The number of amides is 1. The van der Waals surface area contributed by atoms with Crippen molar-refractivity contribution in [2.75, 3.05) is 13.6 Å². The summed E-state index contributed by atoms with van der Waals surface area (Å²) in [5.41, 5.74) is 2.15. The van der Waals surface area contributed by atoms with Gasteiger partial charge in [0.2, 0.25) is 5.91 Å². The molecule has 1 aliphatic heterocycles. The number of nitrogens with zero attached hydrogens (tertiary/aromatic N) is 5. The molecule has 2 aromatic heterocycles. The molecular formula is C24H29F6N5O5. The second kappa shape index (κ2) is 14.1. The van der Waals surface area contributed by atoms with E-state index in [4.69, 9.17) is 19.8 Å². The Balaban J connectivity index is 0.000000333. The third-order valence-corrected chi connectivity index (χ3v) is 6.20. The summed E-state index contributed by atoms with van der Waals surface area (Å²) in [6.07, 6.45) is -0.815. The van der Waals surface area contributed by atoms with Crippen LogP contribution in [0.15, 0.2) is 36.7 Å². The maximum Gasteiger partial charge on any atom is 0.490 e. The summed E-state index contributed by atoms with van der Waals surface area (Å²) in [6.45, 7) is 2.42. The van der Waals surface area contributed by atoms with E-state index >= 15 is 0 Å². The lowest BCUT2D eigenvalue weighted by molar-refractivity contribution is -0.193. The Morgan fingerprint density at radius 2 is 1.55 bits per heavy atom. The van der Waals surface area contributed by atoms with Gasteiger partial charge in [-0.3, -0.25) is 19.4 Å². The minimum Gasteiger partial charge on any atom is -0.475 e. The maximum atomic E-state index is 12.8. The molecule has 0 spiro atoms. The van der Waals surface area contributed by atoms with Crippen LogP contribution in [0, 0.1) is 0 Å². The van der Waals surface area contributed by atoms with Crippen molar-refractivity contribution in [2.24, 2.45) is 0 Å². The monoisotopic (exact) mass is 581 g/mol. The number of hydrogen-bond acceptors (Lipinski definition) is 6. The lowest BCUT2D eigenvalue weighted by atomic mass is 10.1. The molecule has 1 fully saturated rings. The van der Waals surface area contributed by atoms with Gasteiger partial charge >= 0.3 is 24.3 Å². The average Bonchev–Trinajstić information content (AvgIpc) is 3.57. The number of rotatable bonds is 5. The molecule has 1 saturated carbocycles. The van der Waals surface area contributed by atoms with Crippen LogP contribution in [0.3, 0.4) is 0 Å². The van der Waals surface area contributed by atoms with Crippen molar-refractivity contribution in [1.82, 2.24) is 24.6 Å². The van der Waals surface area contributed by atoms with Crippen LogP contribution in [0.2, 0.25) is 0 Å². The van der Waals surface area contributed by atoms with Gasteiger partial charge in [-0.15, -0.1) is 0 Å². The fourth-order valence-corrected chi connectivity index (χ4v) is 4.30. The highest BCUT2D eigenvalue weighted by Crippen LogP contribution is 2.31. The molecule has 222 valence electrons. The van der Waals surface area contributed by atoms with E-state index in [-0.39, 0.29) is 11.9 Å². The fourth-order valence-electron chi connectivity index (χ4n) is 4.30. The summed E-state index contributed by atoms with van der Waals surface area (Å²) in [7, 11) is 1.86. The minimum absolute atomic E-state index is 0.119. The predicted molar refractivity (Wildman–Crippen MR) is 127 cm³/mol. The molecule has 2 N–H and O–H groups in total. The van der Waals surface area contributed by atoms with Crippen LogP contribution in [0.25, 0.3) is 0 Å². The number of carboxylic acids is 2. The Morgan fingerprint density at radius 1 is 0.975 bits per heavy atom. The van der Waals surface area contributed by atoms with Gasteiger partial charge < -0.3 is 15.1 Å². The highest BCUT2D eigenvalue weighted by Gasteiger charge is 2.39. The van der Waals surface area contributed by atoms with Crippen LogP contribution in [0.5, 0.6) is 0 Å². The van der Waals surface area contributed by atoms with E-state index in [1.807, 2.05) is 31.4 Å². The Kier molecular flexibility index (Phi) is 11.5.